The van der Waals surface area contributed by atoms with Gasteiger partial charge in [0, 0.05) is 37.7 Å². The molecular formula is C29H40N8O3. The second-order valence-corrected chi connectivity index (χ2v) is 10.0. The van der Waals surface area contributed by atoms with Crippen LogP contribution in [-0.4, -0.2) is 68.6 Å². The van der Waals surface area contributed by atoms with Crippen molar-refractivity contribution in [3.8, 4) is 5.75 Å². The minimum absolute atomic E-state index is 0.0255. The second-order valence-electron chi connectivity index (χ2n) is 10.0. The van der Waals surface area contributed by atoms with Gasteiger partial charge in [-0.1, -0.05) is 36.9 Å². The average molecular weight is 549 g/mol. The minimum atomic E-state index is -0.315. The van der Waals surface area contributed by atoms with Crippen molar-refractivity contribution >= 4 is 28.8 Å². The third kappa shape index (κ3) is 6.74. The van der Waals surface area contributed by atoms with Crippen LogP contribution < -0.4 is 32.0 Å². The van der Waals surface area contributed by atoms with E-state index >= 15 is 0 Å². The van der Waals surface area contributed by atoms with Crippen LogP contribution in [0.4, 0.5) is 17.1 Å². The van der Waals surface area contributed by atoms with Gasteiger partial charge in [0.05, 0.1) is 31.1 Å². The summed E-state index contributed by atoms with van der Waals surface area (Å²) in [6, 6.07) is 14.2. The molecule has 0 unspecified atom stereocenters. The summed E-state index contributed by atoms with van der Waals surface area (Å²) in [5.74, 6) is 6.73. The fourth-order valence-corrected chi connectivity index (χ4v) is 5.14. The summed E-state index contributed by atoms with van der Waals surface area (Å²) in [5.41, 5.74) is 12.1. The van der Waals surface area contributed by atoms with Gasteiger partial charge in [-0.15, -0.1) is 0 Å². The predicted molar refractivity (Wildman–Crippen MR) is 159 cm³/mol. The summed E-state index contributed by atoms with van der Waals surface area (Å²) in [6.45, 7) is 5.83. The molecule has 2 fully saturated rings. The van der Waals surface area contributed by atoms with Crippen molar-refractivity contribution in [1.82, 2.24) is 15.4 Å². The molecule has 0 radical (unpaired) electrons. The van der Waals surface area contributed by atoms with E-state index in [2.05, 4.69) is 46.2 Å². The molecule has 2 saturated heterocycles. The van der Waals surface area contributed by atoms with E-state index in [0.717, 1.165) is 43.6 Å². The number of amides is 1. The van der Waals surface area contributed by atoms with Crippen LogP contribution in [0.3, 0.4) is 0 Å². The third-order valence-corrected chi connectivity index (χ3v) is 7.28. The highest BCUT2D eigenvalue weighted by Crippen LogP contribution is 2.40. The fraction of sp³-hybridized carbons (Fsp3) is 0.379. The van der Waals surface area contributed by atoms with Crippen LogP contribution in [0.15, 0.2) is 72.0 Å². The van der Waals surface area contributed by atoms with E-state index < -0.39 is 0 Å². The van der Waals surface area contributed by atoms with E-state index in [4.69, 9.17) is 21.2 Å². The molecule has 6 N–H and O–H groups in total. The van der Waals surface area contributed by atoms with Crippen LogP contribution in [0.25, 0.3) is 0 Å². The molecule has 4 rings (SSSR count). The molecule has 0 aliphatic carbocycles. The zero-order valence-corrected chi connectivity index (χ0v) is 23.5. The van der Waals surface area contributed by atoms with Gasteiger partial charge in [0.1, 0.15) is 23.1 Å². The molecule has 0 saturated carbocycles. The number of hydrogen-bond acceptors (Lipinski definition) is 9. The number of benzene rings is 2. The first-order chi connectivity index (χ1) is 19.3. The predicted octanol–water partition coefficient (Wildman–Crippen LogP) is 3.02. The van der Waals surface area contributed by atoms with Crippen LogP contribution in [0, 0.1) is 0 Å². The number of piperidine rings is 1. The number of rotatable bonds is 10. The Hall–Kier alpha value is -4.06. The van der Waals surface area contributed by atoms with Gasteiger partial charge in [-0.25, -0.2) is 15.9 Å². The maximum Gasteiger partial charge on any atom is 0.247 e. The summed E-state index contributed by atoms with van der Waals surface area (Å²) in [4.78, 5) is 27.3. The number of amidine groups is 1. The maximum absolute atomic E-state index is 12.3. The Morgan fingerprint density at radius 1 is 1.20 bits per heavy atom. The van der Waals surface area contributed by atoms with E-state index in [1.54, 1.807) is 24.3 Å². The molecular weight excluding hydrogens is 508 g/mol. The standard InChI is InChI=1S/C29H40N8O3/c1-5-29(38)33-22-17-23(26(39-4)18-25(22)36-14-11-21(12-15-36)35(2)3)32-27(30)19-28(34-31)37-24(13-16-40-37)20-9-7-6-8-10-20/h5-10,17-19,21,24,34H,1,11-16,31H2,2-4H3,(H2,30,32)(H,33,38)/b28-19+/t24-/m1/s1. The molecule has 0 aromatic heterocycles. The van der Waals surface area contributed by atoms with Gasteiger partial charge in [0.25, 0.3) is 0 Å². The molecule has 2 heterocycles. The highest BCUT2D eigenvalue weighted by atomic mass is 16.7. The lowest BCUT2D eigenvalue weighted by Gasteiger charge is -2.37. The smallest absolute Gasteiger partial charge is 0.247 e. The summed E-state index contributed by atoms with van der Waals surface area (Å²) in [6.07, 6.45) is 5.68. The monoisotopic (exact) mass is 548 g/mol. The van der Waals surface area contributed by atoms with Crippen LogP contribution >= 0.6 is 0 Å². The second kappa shape index (κ2) is 13.3. The van der Waals surface area contributed by atoms with Crippen molar-refractivity contribution in [3.05, 3.63) is 72.6 Å². The van der Waals surface area contributed by atoms with Gasteiger partial charge in [0.15, 0.2) is 0 Å². The number of methoxy groups -OCH3 is 1. The zero-order chi connectivity index (χ0) is 28.6. The van der Waals surface area contributed by atoms with Gasteiger partial charge in [-0.2, -0.15) is 0 Å². The Kier molecular flexibility index (Phi) is 9.65. The fourth-order valence-electron chi connectivity index (χ4n) is 5.14. The highest BCUT2D eigenvalue weighted by molar-refractivity contribution is 6.02. The third-order valence-electron chi connectivity index (χ3n) is 7.28. The number of carbonyl (C=O) groups excluding carboxylic acids is 1. The highest BCUT2D eigenvalue weighted by Gasteiger charge is 2.29. The van der Waals surface area contributed by atoms with Crippen LogP contribution in [0.2, 0.25) is 0 Å². The quantitative estimate of drug-likeness (QED) is 0.116. The summed E-state index contributed by atoms with van der Waals surface area (Å²) in [5, 5.41) is 4.64. The number of ether oxygens (including phenoxy) is 1. The minimum Gasteiger partial charge on any atom is -0.494 e. The van der Waals surface area contributed by atoms with Crippen molar-refractivity contribution in [2.75, 3.05) is 51.1 Å². The molecule has 214 valence electrons. The van der Waals surface area contributed by atoms with Crippen LogP contribution in [0.5, 0.6) is 5.75 Å². The van der Waals surface area contributed by atoms with E-state index in [1.165, 1.54) is 6.08 Å². The number of hydrogen-bond donors (Lipinski definition) is 4. The number of carbonyl (C=O) groups is 1. The van der Waals surface area contributed by atoms with Gasteiger partial charge >= 0.3 is 0 Å². The first kappa shape index (κ1) is 28.9. The van der Waals surface area contributed by atoms with E-state index in [-0.39, 0.29) is 17.8 Å². The topological polar surface area (TPSA) is 134 Å². The lowest BCUT2D eigenvalue weighted by molar-refractivity contribution is -0.111. The molecule has 0 spiro atoms. The number of nitrogens with one attached hydrogen (secondary N) is 2. The Balaban J connectivity index is 1.65. The number of anilines is 2. The van der Waals surface area contributed by atoms with Crippen molar-refractivity contribution < 1.29 is 14.4 Å². The normalized spacial score (nSPS) is 18.7. The van der Waals surface area contributed by atoms with Crippen molar-refractivity contribution in [1.29, 1.82) is 0 Å². The number of nitrogens with two attached hydrogens (primary N) is 2. The average Bonchev–Trinajstić information content (AvgIpc) is 3.46. The van der Waals surface area contributed by atoms with Crippen LogP contribution in [0.1, 0.15) is 30.9 Å². The Labute approximate surface area is 236 Å². The first-order valence-electron chi connectivity index (χ1n) is 13.4. The first-order valence-corrected chi connectivity index (χ1v) is 13.4. The van der Waals surface area contributed by atoms with Gasteiger partial charge in [-0.3, -0.25) is 9.63 Å². The molecule has 2 aromatic rings. The van der Waals surface area contributed by atoms with Crippen LogP contribution in [-0.2, 0) is 9.63 Å². The zero-order valence-electron chi connectivity index (χ0n) is 23.5. The number of aliphatic imine (C=N–C) groups is 1. The van der Waals surface area contributed by atoms with Crippen molar-refractivity contribution in [2.45, 2.75) is 31.3 Å². The largest absolute Gasteiger partial charge is 0.494 e. The molecule has 0 bridgehead atoms. The Bertz CT molecular complexity index is 1240. The molecule has 2 aliphatic rings. The summed E-state index contributed by atoms with van der Waals surface area (Å²) >= 11 is 0. The number of nitrogens with zero attached hydrogens (tertiary/aromatic N) is 4. The van der Waals surface area contributed by atoms with E-state index in [1.807, 2.05) is 36.4 Å². The van der Waals surface area contributed by atoms with Crippen molar-refractivity contribution in [2.24, 2.45) is 16.6 Å². The van der Waals surface area contributed by atoms with E-state index in [9.17, 15) is 4.79 Å². The van der Waals surface area contributed by atoms with E-state index in [0.29, 0.717) is 35.6 Å². The molecule has 40 heavy (non-hydrogen) atoms. The Morgan fingerprint density at radius 3 is 2.55 bits per heavy atom. The molecule has 1 atom stereocenters. The molecule has 11 nitrogen and oxygen atoms in total. The van der Waals surface area contributed by atoms with Crippen molar-refractivity contribution in [3.63, 3.8) is 0 Å². The van der Waals surface area contributed by atoms with Gasteiger partial charge in [0.2, 0.25) is 5.91 Å². The number of hydroxylamine groups is 2. The lowest BCUT2D eigenvalue weighted by Crippen LogP contribution is -2.42. The molecule has 11 heteroatoms. The maximum atomic E-state index is 12.3. The number of hydrazine groups is 1. The molecule has 1 amide bonds. The molecule has 2 aliphatic heterocycles. The molecule has 2 aromatic carbocycles. The van der Waals surface area contributed by atoms with Gasteiger partial charge in [-0.05, 0) is 44.6 Å². The summed E-state index contributed by atoms with van der Waals surface area (Å²) in [7, 11) is 5.79. The summed E-state index contributed by atoms with van der Waals surface area (Å²) < 4.78 is 5.70. The Morgan fingerprint density at radius 2 is 1.93 bits per heavy atom. The van der Waals surface area contributed by atoms with Gasteiger partial charge < -0.3 is 31.0 Å². The SMILES string of the molecule is C=CC(=O)Nc1cc(N=C(N)/C=C(\NN)N2OCC[C@@H]2c2ccccc2)c(OC)cc1N1CCC(N(C)C)CC1. The lowest BCUT2D eigenvalue weighted by atomic mass is 10.0.